The molecule has 2 aromatic carbocycles. The van der Waals surface area contributed by atoms with E-state index in [0.717, 1.165) is 0 Å². The van der Waals surface area contributed by atoms with E-state index < -0.39 is 0 Å². The first-order valence-corrected chi connectivity index (χ1v) is 12.0. The number of hydrogen-bond donors (Lipinski definition) is 0. The van der Waals surface area contributed by atoms with Crippen LogP contribution in [0.4, 0.5) is 0 Å². The molecule has 9 heteroatoms. The van der Waals surface area contributed by atoms with Crippen molar-refractivity contribution < 1.29 is 4.79 Å². The molecule has 1 aliphatic rings. The van der Waals surface area contributed by atoms with Crippen molar-refractivity contribution in [1.82, 2.24) is 19.4 Å². The Balaban J connectivity index is 1.57. The number of carbonyl (C=O) groups excluding carboxylic acids is 1. The van der Waals surface area contributed by atoms with Gasteiger partial charge in [-0.1, -0.05) is 34.8 Å². The number of nitrogens with zero attached hydrogens (tertiary/aromatic N) is 4. The lowest BCUT2D eigenvalue weighted by atomic mass is 10.1. The van der Waals surface area contributed by atoms with E-state index in [1.165, 1.54) is 0 Å². The Morgan fingerprint density at radius 3 is 2.55 bits per heavy atom. The number of fused-ring (bicyclic) bond motifs is 1. The molecule has 1 fully saturated rings. The van der Waals surface area contributed by atoms with Crippen LogP contribution in [0, 0.1) is 0 Å². The van der Waals surface area contributed by atoms with E-state index in [0.29, 0.717) is 63.5 Å². The molecule has 2 heterocycles. The van der Waals surface area contributed by atoms with Gasteiger partial charge < -0.3 is 4.90 Å². The highest BCUT2D eigenvalue weighted by molar-refractivity contribution is 6.42. The van der Waals surface area contributed by atoms with Crippen LogP contribution >= 0.6 is 34.8 Å². The van der Waals surface area contributed by atoms with Gasteiger partial charge in [0.1, 0.15) is 5.82 Å². The summed E-state index contributed by atoms with van der Waals surface area (Å²) in [7, 11) is 0. The fourth-order valence-corrected chi connectivity index (χ4v) is 4.90. The number of rotatable bonds is 4. The number of amides is 1. The molecule has 0 radical (unpaired) electrons. The van der Waals surface area contributed by atoms with Crippen LogP contribution in [-0.2, 0) is 6.54 Å². The van der Waals surface area contributed by atoms with E-state index in [9.17, 15) is 9.59 Å². The third-order valence-corrected chi connectivity index (χ3v) is 7.24. The SMILES string of the molecule is CCn1c(C(C)N2CCN(C(=O)c3ccc(Cl)c(Cl)c3)C(C)C2)nc2ccc(Cl)cc2c1=O. The maximum atomic E-state index is 13.1. The zero-order valence-electron chi connectivity index (χ0n) is 18.7. The summed E-state index contributed by atoms with van der Waals surface area (Å²) < 4.78 is 1.71. The highest BCUT2D eigenvalue weighted by Gasteiger charge is 2.32. The monoisotopic (exact) mass is 506 g/mol. The number of aromatic nitrogens is 2. The predicted molar refractivity (Wildman–Crippen MR) is 134 cm³/mol. The molecule has 1 saturated heterocycles. The van der Waals surface area contributed by atoms with Gasteiger partial charge in [0, 0.05) is 42.8 Å². The molecule has 1 aromatic heterocycles. The Morgan fingerprint density at radius 1 is 1.12 bits per heavy atom. The molecule has 4 rings (SSSR count). The third-order valence-electron chi connectivity index (χ3n) is 6.27. The van der Waals surface area contributed by atoms with Crippen LogP contribution in [0.2, 0.25) is 15.1 Å². The van der Waals surface area contributed by atoms with Crippen LogP contribution in [0.1, 0.15) is 43.0 Å². The van der Waals surface area contributed by atoms with Crippen molar-refractivity contribution in [2.45, 2.75) is 39.4 Å². The summed E-state index contributed by atoms with van der Waals surface area (Å²) in [5.74, 6) is 0.647. The first kappa shape index (κ1) is 24.0. The maximum Gasteiger partial charge on any atom is 0.261 e. The summed E-state index contributed by atoms with van der Waals surface area (Å²) in [4.78, 5) is 35.1. The van der Waals surface area contributed by atoms with Gasteiger partial charge in [0.15, 0.2) is 0 Å². The summed E-state index contributed by atoms with van der Waals surface area (Å²) in [6.07, 6.45) is 0. The van der Waals surface area contributed by atoms with Crippen LogP contribution in [-0.4, -0.2) is 50.9 Å². The van der Waals surface area contributed by atoms with E-state index in [2.05, 4.69) is 11.8 Å². The van der Waals surface area contributed by atoms with Gasteiger partial charge in [-0.05, 0) is 57.2 Å². The van der Waals surface area contributed by atoms with E-state index in [-0.39, 0.29) is 23.6 Å². The molecular formula is C24H25Cl3N4O2. The largest absolute Gasteiger partial charge is 0.333 e. The number of benzene rings is 2. The highest BCUT2D eigenvalue weighted by Crippen LogP contribution is 2.27. The molecule has 0 spiro atoms. The lowest BCUT2D eigenvalue weighted by molar-refractivity contribution is 0.0391. The van der Waals surface area contributed by atoms with Crippen molar-refractivity contribution in [2.75, 3.05) is 19.6 Å². The fourth-order valence-electron chi connectivity index (χ4n) is 4.43. The average Bonchev–Trinajstić information content (AvgIpc) is 2.80. The van der Waals surface area contributed by atoms with Crippen molar-refractivity contribution in [1.29, 1.82) is 0 Å². The Labute approximate surface area is 207 Å². The molecule has 1 aliphatic heterocycles. The molecule has 3 aromatic rings. The zero-order valence-corrected chi connectivity index (χ0v) is 21.0. The fraction of sp³-hybridized carbons (Fsp3) is 0.375. The summed E-state index contributed by atoms with van der Waals surface area (Å²) >= 11 is 18.2. The molecule has 0 N–H and O–H groups in total. The predicted octanol–water partition coefficient (Wildman–Crippen LogP) is 5.28. The van der Waals surface area contributed by atoms with Crippen molar-refractivity contribution >= 4 is 51.6 Å². The van der Waals surface area contributed by atoms with Crippen LogP contribution in [0.15, 0.2) is 41.2 Å². The van der Waals surface area contributed by atoms with Gasteiger partial charge in [0.2, 0.25) is 0 Å². The van der Waals surface area contributed by atoms with Crippen molar-refractivity contribution in [3.63, 3.8) is 0 Å². The zero-order chi connectivity index (χ0) is 23.9. The quantitative estimate of drug-likeness (QED) is 0.482. The summed E-state index contributed by atoms with van der Waals surface area (Å²) in [6, 6.07) is 10.0. The molecule has 6 nitrogen and oxygen atoms in total. The van der Waals surface area contributed by atoms with Crippen molar-refractivity contribution in [3.05, 3.63) is 73.2 Å². The second-order valence-electron chi connectivity index (χ2n) is 8.33. The highest BCUT2D eigenvalue weighted by atomic mass is 35.5. The number of piperazine rings is 1. The molecule has 0 saturated carbocycles. The normalized spacial score (nSPS) is 18.0. The third kappa shape index (κ3) is 4.62. The molecular weight excluding hydrogens is 483 g/mol. The minimum absolute atomic E-state index is 0.0239. The summed E-state index contributed by atoms with van der Waals surface area (Å²) in [5.41, 5.74) is 1.07. The minimum Gasteiger partial charge on any atom is -0.333 e. The molecule has 2 unspecified atom stereocenters. The molecule has 0 aliphatic carbocycles. The molecule has 33 heavy (non-hydrogen) atoms. The van der Waals surface area contributed by atoms with E-state index in [1.807, 2.05) is 18.7 Å². The molecule has 1 amide bonds. The Bertz CT molecular complexity index is 1280. The first-order valence-electron chi connectivity index (χ1n) is 10.9. The molecule has 0 bridgehead atoms. The van der Waals surface area contributed by atoms with Gasteiger partial charge >= 0.3 is 0 Å². The second-order valence-corrected chi connectivity index (χ2v) is 9.58. The van der Waals surface area contributed by atoms with Crippen LogP contribution in [0.25, 0.3) is 10.9 Å². The Hall–Kier alpha value is -2.12. The van der Waals surface area contributed by atoms with Gasteiger partial charge in [0.05, 0.1) is 27.0 Å². The van der Waals surface area contributed by atoms with Gasteiger partial charge in [-0.2, -0.15) is 0 Å². The van der Waals surface area contributed by atoms with Crippen LogP contribution < -0.4 is 5.56 Å². The van der Waals surface area contributed by atoms with Gasteiger partial charge in [-0.25, -0.2) is 4.98 Å². The topological polar surface area (TPSA) is 58.4 Å². The summed E-state index contributed by atoms with van der Waals surface area (Å²) in [5, 5.41) is 1.82. The minimum atomic E-state index is -0.0950. The number of carbonyl (C=O) groups is 1. The van der Waals surface area contributed by atoms with Crippen molar-refractivity contribution in [2.24, 2.45) is 0 Å². The van der Waals surface area contributed by atoms with Crippen LogP contribution in [0.3, 0.4) is 0 Å². The van der Waals surface area contributed by atoms with Gasteiger partial charge in [-0.3, -0.25) is 19.1 Å². The Morgan fingerprint density at radius 2 is 1.88 bits per heavy atom. The molecule has 2 atom stereocenters. The van der Waals surface area contributed by atoms with Crippen molar-refractivity contribution in [3.8, 4) is 0 Å². The molecule has 174 valence electrons. The van der Waals surface area contributed by atoms with Gasteiger partial charge in [0.25, 0.3) is 11.5 Å². The lowest BCUT2D eigenvalue weighted by Gasteiger charge is -2.42. The smallest absolute Gasteiger partial charge is 0.261 e. The van der Waals surface area contributed by atoms with E-state index >= 15 is 0 Å². The van der Waals surface area contributed by atoms with E-state index in [1.54, 1.807) is 41.0 Å². The number of halogens is 3. The lowest BCUT2D eigenvalue weighted by Crippen LogP contribution is -2.54. The summed E-state index contributed by atoms with van der Waals surface area (Å²) in [6.45, 7) is 8.41. The van der Waals surface area contributed by atoms with E-state index in [4.69, 9.17) is 39.8 Å². The van der Waals surface area contributed by atoms with Crippen LogP contribution in [0.5, 0.6) is 0 Å². The average molecular weight is 508 g/mol. The van der Waals surface area contributed by atoms with Gasteiger partial charge in [-0.15, -0.1) is 0 Å². The maximum absolute atomic E-state index is 13.1. The number of hydrogen-bond acceptors (Lipinski definition) is 4. The standard InChI is InChI=1S/C24H25Cl3N4O2/c1-4-30-22(28-21-8-6-17(25)12-18(21)24(30)33)15(3)29-9-10-31(14(2)13-29)23(32)16-5-7-19(26)20(27)11-16/h5-8,11-12,14-15H,4,9-10,13H2,1-3H3. The Kier molecular flexibility index (Phi) is 7.01. The second kappa shape index (κ2) is 9.63. The first-order chi connectivity index (χ1) is 15.7.